The average molecular weight is 383 g/mol. The predicted octanol–water partition coefficient (Wildman–Crippen LogP) is 4.26. The van der Waals surface area contributed by atoms with Crippen LogP contribution in [0.4, 0.5) is 0 Å². The van der Waals surface area contributed by atoms with E-state index in [-0.39, 0.29) is 18.6 Å². The molecule has 1 aromatic heterocycles. The second kappa shape index (κ2) is 8.18. The van der Waals surface area contributed by atoms with E-state index in [2.05, 4.69) is 4.98 Å². The first-order chi connectivity index (χ1) is 13.0. The van der Waals surface area contributed by atoms with Gasteiger partial charge in [0.15, 0.2) is 6.61 Å². The predicted molar refractivity (Wildman–Crippen MR) is 105 cm³/mol. The summed E-state index contributed by atoms with van der Waals surface area (Å²) in [6.07, 6.45) is 0. The molecule has 27 heavy (non-hydrogen) atoms. The van der Waals surface area contributed by atoms with Gasteiger partial charge in [0.1, 0.15) is 5.15 Å². The Balaban J connectivity index is 1.63. The normalized spacial score (nSPS) is 11.8. The number of carbonyl (C=O) groups excluding carboxylic acids is 2. The number of fused-ring (bicyclic) bond motifs is 1. The summed E-state index contributed by atoms with van der Waals surface area (Å²) in [6.45, 7) is 1.61. The lowest BCUT2D eigenvalue weighted by Crippen LogP contribution is -2.33. The minimum absolute atomic E-state index is 0.117. The quantitative estimate of drug-likeness (QED) is 0.488. The van der Waals surface area contributed by atoms with E-state index in [1.54, 1.807) is 42.3 Å². The van der Waals surface area contributed by atoms with Crippen molar-refractivity contribution in [3.8, 4) is 0 Å². The fourth-order valence-electron chi connectivity index (χ4n) is 2.71. The first kappa shape index (κ1) is 18.9. The van der Waals surface area contributed by atoms with Crippen LogP contribution in [-0.2, 0) is 9.53 Å². The Kier molecular flexibility index (Phi) is 5.72. The van der Waals surface area contributed by atoms with Crippen molar-refractivity contribution in [3.05, 3.63) is 76.9 Å². The van der Waals surface area contributed by atoms with Crippen LogP contribution >= 0.6 is 11.6 Å². The van der Waals surface area contributed by atoms with Gasteiger partial charge in [-0.2, -0.15) is 0 Å². The van der Waals surface area contributed by atoms with Crippen molar-refractivity contribution in [1.82, 2.24) is 9.88 Å². The third-order valence-corrected chi connectivity index (χ3v) is 4.68. The number of esters is 1. The van der Waals surface area contributed by atoms with Gasteiger partial charge in [0.25, 0.3) is 5.91 Å². The van der Waals surface area contributed by atoms with Crippen LogP contribution < -0.4 is 0 Å². The van der Waals surface area contributed by atoms with E-state index in [0.29, 0.717) is 16.2 Å². The minimum Gasteiger partial charge on any atom is -0.452 e. The maximum absolute atomic E-state index is 12.4. The fourth-order valence-corrected chi connectivity index (χ4v) is 2.87. The molecule has 5 nitrogen and oxygen atoms in total. The van der Waals surface area contributed by atoms with E-state index in [9.17, 15) is 9.59 Å². The van der Waals surface area contributed by atoms with Crippen LogP contribution in [0.15, 0.2) is 60.7 Å². The van der Waals surface area contributed by atoms with Gasteiger partial charge in [-0.15, -0.1) is 0 Å². The molecule has 2 aromatic carbocycles. The highest BCUT2D eigenvalue weighted by Crippen LogP contribution is 2.19. The van der Waals surface area contributed by atoms with Crippen molar-refractivity contribution >= 4 is 34.4 Å². The summed E-state index contributed by atoms with van der Waals surface area (Å²) in [6, 6.07) is 18.0. The lowest BCUT2D eigenvalue weighted by Gasteiger charge is -2.25. The maximum atomic E-state index is 12.4. The van der Waals surface area contributed by atoms with Crippen LogP contribution in [0.3, 0.4) is 0 Å². The van der Waals surface area contributed by atoms with Gasteiger partial charge in [-0.3, -0.25) is 4.79 Å². The van der Waals surface area contributed by atoms with Crippen molar-refractivity contribution < 1.29 is 14.3 Å². The molecule has 1 unspecified atom stereocenters. The first-order valence-corrected chi connectivity index (χ1v) is 8.87. The zero-order valence-electron chi connectivity index (χ0n) is 15.1. The number of amides is 1. The first-order valence-electron chi connectivity index (χ1n) is 8.50. The van der Waals surface area contributed by atoms with Gasteiger partial charge in [-0.1, -0.05) is 41.9 Å². The molecule has 0 N–H and O–H groups in total. The number of carbonyl (C=O) groups is 2. The summed E-state index contributed by atoms with van der Waals surface area (Å²) in [4.78, 5) is 30.4. The van der Waals surface area contributed by atoms with E-state index in [1.807, 2.05) is 37.3 Å². The molecular weight excluding hydrogens is 364 g/mol. The summed E-state index contributed by atoms with van der Waals surface area (Å²) in [5, 5.41) is 1.16. The molecule has 1 heterocycles. The van der Waals surface area contributed by atoms with E-state index < -0.39 is 5.97 Å². The highest BCUT2D eigenvalue weighted by Gasteiger charge is 2.19. The van der Waals surface area contributed by atoms with Gasteiger partial charge in [0, 0.05) is 12.4 Å². The van der Waals surface area contributed by atoms with E-state index in [4.69, 9.17) is 16.3 Å². The molecule has 0 saturated heterocycles. The molecule has 0 spiro atoms. The molecule has 1 amide bonds. The number of pyridine rings is 1. The maximum Gasteiger partial charge on any atom is 0.338 e. The van der Waals surface area contributed by atoms with Gasteiger partial charge in [0.05, 0.1) is 17.1 Å². The number of halogens is 1. The second-order valence-electron chi connectivity index (χ2n) is 6.21. The van der Waals surface area contributed by atoms with Crippen LogP contribution in [0.5, 0.6) is 0 Å². The molecule has 0 bridgehead atoms. The van der Waals surface area contributed by atoms with Crippen molar-refractivity contribution in [2.45, 2.75) is 13.0 Å². The van der Waals surface area contributed by atoms with Gasteiger partial charge in [-0.05, 0) is 42.8 Å². The fraction of sp³-hybridized carbons (Fsp3) is 0.190. The van der Waals surface area contributed by atoms with Crippen LogP contribution in [0, 0.1) is 0 Å². The molecule has 0 fully saturated rings. The Labute approximate surface area is 162 Å². The van der Waals surface area contributed by atoms with Crippen molar-refractivity contribution in [2.75, 3.05) is 13.7 Å². The number of likely N-dealkylation sites (N-methyl/N-ethyl adjacent to an activating group) is 1. The molecule has 3 aromatic rings. The van der Waals surface area contributed by atoms with Gasteiger partial charge in [-0.25, -0.2) is 9.78 Å². The van der Waals surface area contributed by atoms with Crippen LogP contribution in [0.2, 0.25) is 5.15 Å². The molecule has 6 heteroatoms. The summed E-state index contributed by atoms with van der Waals surface area (Å²) in [5.41, 5.74) is 2.06. The van der Waals surface area contributed by atoms with Crippen LogP contribution in [0.25, 0.3) is 10.9 Å². The molecule has 0 aliphatic rings. The third kappa shape index (κ3) is 4.44. The zero-order valence-corrected chi connectivity index (χ0v) is 15.8. The zero-order chi connectivity index (χ0) is 19.4. The van der Waals surface area contributed by atoms with Crippen molar-refractivity contribution in [1.29, 1.82) is 0 Å². The van der Waals surface area contributed by atoms with Gasteiger partial charge < -0.3 is 9.64 Å². The van der Waals surface area contributed by atoms with Crippen molar-refractivity contribution in [3.63, 3.8) is 0 Å². The van der Waals surface area contributed by atoms with Crippen LogP contribution in [0.1, 0.15) is 28.9 Å². The largest absolute Gasteiger partial charge is 0.452 e. The number of hydrogen-bond donors (Lipinski definition) is 0. The van der Waals surface area contributed by atoms with E-state index >= 15 is 0 Å². The molecule has 0 saturated carbocycles. The Bertz CT molecular complexity index is 976. The molecule has 1 atom stereocenters. The van der Waals surface area contributed by atoms with Crippen molar-refractivity contribution in [2.24, 2.45) is 0 Å². The molecule has 3 rings (SSSR count). The van der Waals surface area contributed by atoms with E-state index in [0.717, 1.165) is 10.9 Å². The lowest BCUT2D eigenvalue weighted by molar-refractivity contribution is -0.135. The lowest BCUT2D eigenvalue weighted by atomic mass is 10.1. The molecule has 138 valence electrons. The standard InChI is InChI=1S/C21H19ClN2O3/c1-14(15-6-4-3-5-7-15)24(2)20(25)13-27-21(26)17-8-10-18-16(12-17)9-11-19(22)23-18/h3-12,14H,13H2,1-2H3. The summed E-state index contributed by atoms with van der Waals surface area (Å²) >= 11 is 5.86. The topological polar surface area (TPSA) is 59.5 Å². The SMILES string of the molecule is CC(c1ccccc1)N(C)C(=O)COC(=O)c1ccc2nc(Cl)ccc2c1. The minimum atomic E-state index is -0.555. The molecular formula is C21H19ClN2O3. The highest BCUT2D eigenvalue weighted by atomic mass is 35.5. The number of rotatable bonds is 5. The van der Waals surface area contributed by atoms with Gasteiger partial charge >= 0.3 is 5.97 Å². The summed E-state index contributed by atoms with van der Waals surface area (Å²) in [7, 11) is 1.69. The molecule has 0 radical (unpaired) electrons. The van der Waals surface area contributed by atoms with Gasteiger partial charge in [0.2, 0.25) is 0 Å². The van der Waals surface area contributed by atoms with Crippen LogP contribution in [-0.4, -0.2) is 35.4 Å². The molecule has 0 aliphatic heterocycles. The Hall–Kier alpha value is -2.92. The number of ether oxygens (including phenoxy) is 1. The summed E-state index contributed by atoms with van der Waals surface area (Å²) in [5.74, 6) is -0.824. The third-order valence-electron chi connectivity index (χ3n) is 4.47. The average Bonchev–Trinajstić information content (AvgIpc) is 2.70. The number of aromatic nitrogens is 1. The number of hydrogen-bond acceptors (Lipinski definition) is 4. The number of nitrogens with zero attached hydrogens (tertiary/aromatic N) is 2. The smallest absolute Gasteiger partial charge is 0.338 e. The Morgan fingerprint density at radius 1 is 1.11 bits per heavy atom. The highest BCUT2D eigenvalue weighted by molar-refractivity contribution is 6.29. The second-order valence-corrected chi connectivity index (χ2v) is 6.60. The summed E-state index contributed by atoms with van der Waals surface area (Å²) < 4.78 is 5.19. The van der Waals surface area contributed by atoms with E-state index in [1.165, 1.54) is 0 Å². The monoisotopic (exact) mass is 382 g/mol. The Morgan fingerprint density at radius 3 is 2.59 bits per heavy atom. The number of benzene rings is 2. The Morgan fingerprint density at radius 2 is 1.85 bits per heavy atom. The molecule has 0 aliphatic carbocycles.